The van der Waals surface area contributed by atoms with Gasteiger partial charge in [0, 0.05) is 16.1 Å². The van der Waals surface area contributed by atoms with Gasteiger partial charge in [0.2, 0.25) is 0 Å². The van der Waals surface area contributed by atoms with Crippen molar-refractivity contribution in [2.24, 2.45) is 0 Å². The Labute approximate surface area is 166 Å². The summed E-state index contributed by atoms with van der Waals surface area (Å²) in [5, 5.41) is 11.0. The van der Waals surface area contributed by atoms with E-state index in [1.54, 1.807) is 12.1 Å². The van der Waals surface area contributed by atoms with Crippen molar-refractivity contribution in [2.75, 3.05) is 5.73 Å². The van der Waals surface area contributed by atoms with E-state index in [1.807, 2.05) is 45.9 Å². The summed E-state index contributed by atoms with van der Waals surface area (Å²) in [6, 6.07) is 9.15. The van der Waals surface area contributed by atoms with Crippen molar-refractivity contribution in [1.82, 2.24) is 4.98 Å². The Bertz CT molecular complexity index is 1010. The largest absolute Gasteiger partial charge is 0.479 e. The van der Waals surface area contributed by atoms with Gasteiger partial charge in [-0.2, -0.15) is 0 Å². The predicted octanol–water partition coefficient (Wildman–Crippen LogP) is 5.45. The number of benzene rings is 2. The van der Waals surface area contributed by atoms with Crippen molar-refractivity contribution in [1.29, 1.82) is 0 Å². The van der Waals surface area contributed by atoms with Crippen molar-refractivity contribution in [3.05, 3.63) is 46.5 Å². The van der Waals surface area contributed by atoms with Crippen LogP contribution in [0.4, 0.5) is 5.13 Å². The number of aryl methyl sites for hydroxylation is 1. The number of nitrogens with zero attached hydrogens (tertiary/aromatic N) is 1. The zero-order valence-electron chi connectivity index (χ0n) is 15.5. The number of anilines is 1. The summed E-state index contributed by atoms with van der Waals surface area (Å²) >= 11 is 7.38. The van der Waals surface area contributed by atoms with Gasteiger partial charge in [-0.1, -0.05) is 35.1 Å². The number of aromatic nitrogens is 1. The van der Waals surface area contributed by atoms with Crippen molar-refractivity contribution in [2.45, 2.75) is 39.4 Å². The van der Waals surface area contributed by atoms with Crippen LogP contribution in [0.1, 0.15) is 38.0 Å². The molecule has 0 bridgehead atoms. The number of carboxylic acids is 1. The highest BCUT2D eigenvalue weighted by Crippen LogP contribution is 2.43. The highest BCUT2D eigenvalue weighted by Gasteiger charge is 2.32. The van der Waals surface area contributed by atoms with E-state index in [4.69, 9.17) is 22.1 Å². The first-order valence-electron chi connectivity index (χ1n) is 8.43. The maximum atomic E-state index is 12.1. The normalized spacial score (nSPS) is 13.1. The van der Waals surface area contributed by atoms with Gasteiger partial charge < -0.3 is 15.6 Å². The Balaban J connectivity index is 2.36. The van der Waals surface area contributed by atoms with E-state index in [-0.39, 0.29) is 0 Å². The molecule has 3 N–H and O–H groups in total. The third-order valence-electron chi connectivity index (χ3n) is 4.04. The fourth-order valence-electron chi connectivity index (χ4n) is 3.06. The molecule has 1 atom stereocenters. The molecular weight excluding hydrogens is 384 g/mol. The van der Waals surface area contributed by atoms with Crippen LogP contribution in [-0.2, 0) is 9.53 Å². The molecule has 3 rings (SSSR count). The first-order chi connectivity index (χ1) is 12.6. The lowest BCUT2D eigenvalue weighted by atomic mass is 9.91. The zero-order valence-corrected chi connectivity index (χ0v) is 17.1. The lowest BCUT2D eigenvalue weighted by Crippen LogP contribution is -2.28. The zero-order chi connectivity index (χ0) is 19.9. The number of rotatable bonds is 4. The van der Waals surface area contributed by atoms with Gasteiger partial charge in [-0.25, -0.2) is 9.78 Å². The van der Waals surface area contributed by atoms with E-state index < -0.39 is 17.7 Å². The summed E-state index contributed by atoms with van der Waals surface area (Å²) in [4.78, 5) is 16.5. The van der Waals surface area contributed by atoms with Crippen LogP contribution in [-0.4, -0.2) is 21.7 Å². The lowest BCUT2D eigenvalue weighted by molar-refractivity contribution is -0.160. The standard InChI is InChI=1S/C20H21ClN2O3S/c1-10-9-13-17(27-19(22)23-13)15(11-5-7-12(21)8-6-11)14(10)16(18(24)25)26-20(2,3)4/h5-9,16H,1-4H3,(H2,22,23)(H,24,25). The Morgan fingerprint density at radius 1 is 1.30 bits per heavy atom. The number of hydrogen-bond acceptors (Lipinski definition) is 5. The topological polar surface area (TPSA) is 85.4 Å². The molecule has 1 aromatic heterocycles. The molecule has 142 valence electrons. The maximum Gasteiger partial charge on any atom is 0.337 e. The second-order valence-corrected chi connectivity index (χ2v) is 8.80. The molecule has 0 fully saturated rings. The third-order valence-corrected chi connectivity index (χ3v) is 5.20. The SMILES string of the molecule is Cc1cc2nc(N)sc2c(-c2ccc(Cl)cc2)c1C(OC(C)(C)C)C(=O)O. The number of fused-ring (bicyclic) bond motifs is 1. The van der Waals surface area contributed by atoms with Crippen molar-refractivity contribution >= 4 is 44.3 Å². The number of hydrogen-bond donors (Lipinski definition) is 2. The predicted molar refractivity (Wildman–Crippen MR) is 110 cm³/mol. The number of halogens is 1. The van der Waals surface area contributed by atoms with Crippen LogP contribution < -0.4 is 5.73 Å². The van der Waals surface area contributed by atoms with Crippen molar-refractivity contribution in [3.63, 3.8) is 0 Å². The van der Waals surface area contributed by atoms with Gasteiger partial charge in [0.1, 0.15) is 0 Å². The first-order valence-corrected chi connectivity index (χ1v) is 9.62. The summed E-state index contributed by atoms with van der Waals surface area (Å²) in [5.41, 5.74) is 9.05. The van der Waals surface area contributed by atoms with E-state index in [0.717, 1.165) is 26.9 Å². The number of carboxylic acid groups (broad SMARTS) is 1. The summed E-state index contributed by atoms with van der Waals surface area (Å²) < 4.78 is 6.77. The fraction of sp³-hybridized carbons (Fsp3) is 0.300. The Morgan fingerprint density at radius 2 is 1.93 bits per heavy atom. The van der Waals surface area contributed by atoms with Crippen LogP contribution in [0.3, 0.4) is 0 Å². The van der Waals surface area contributed by atoms with Crippen molar-refractivity contribution in [3.8, 4) is 11.1 Å². The van der Waals surface area contributed by atoms with E-state index in [9.17, 15) is 9.90 Å². The monoisotopic (exact) mass is 404 g/mol. The smallest absolute Gasteiger partial charge is 0.337 e. The number of thiazole rings is 1. The average Bonchev–Trinajstić information content (AvgIpc) is 2.91. The number of ether oxygens (including phenoxy) is 1. The quantitative estimate of drug-likeness (QED) is 0.604. The van der Waals surface area contributed by atoms with Crippen LogP contribution in [0, 0.1) is 6.92 Å². The fourth-order valence-corrected chi connectivity index (χ4v) is 4.07. The van der Waals surface area contributed by atoms with Gasteiger partial charge in [0.15, 0.2) is 11.2 Å². The minimum Gasteiger partial charge on any atom is -0.479 e. The number of nitrogen functional groups attached to an aromatic ring is 1. The van der Waals surface area contributed by atoms with Gasteiger partial charge in [-0.05, 0) is 57.0 Å². The van der Waals surface area contributed by atoms with Gasteiger partial charge in [0.05, 0.1) is 15.8 Å². The molecule has 3 aromatic rings. The number of nitrogens with two attached hydrogens (primary N) is 1. The molecule has 0 aliphatic rings. The second-order valence-electron chi connectivity index (χ2n) is 7.34. The summed E-state index contributed by atoms with van der Waals surface area (Å²) in [6.07, 6.45) is -1.12. The first kappa shape index (κ1) is 19.6. The van der Waals surface area contributed by atoms with Crippen LogP contribution in [0.15, 0.2) is 30.3 Å². The average molecular weight is 405 g/mol. The molecule has 5 nitrogen and oxygen atoms in total. The van der Waals surface area contributed by atoms with Crippen molar-refractivity contribution < 1.29 is 14.6 Å². The van der Waals surface area contributed by atoms with Gasteiger partial charge in [0.25, 0.3) is 0 Å². The molecule has 1 unspecified atom stereocenters. The van der Waals surface area contributed by atoms with Crippen LogP contribution in [0.5, 0.6) is 0 Å². The van der Waals surface area contributed by atoms with E-state index in [0.29, 0.717) is 15.7 Å². The molecule has 0 radical (unpaired) electrons. The highest BCUT2D eigenvalue weighted by atomic mass is 35.5. The van der Waals surface area contributed by atoms with Gasteiger partial charge >= 0.3 is 5.97 Å². The number of aliphatic carboxylic acids is 1. The molecule has 0 amide bonds. The minimum atomic E-state index is -1.12. The molecule has 2 aromatic carbocycles. The molecule has 0 spiro atoms. The molecule has 27 heavy (non-hydrogen) atoms. The molecule has 0 saturated carbocycles. The molecule has 7 heteroatoms. The third kappa shape index (κ3) is 4.08. The molecule has 1 heterocycles. The second kappa shape index (κ2) is 7.11. The van der Waals surface area contributed by atoms with E-state index >= 15 is 0 Å². The molecular formula is C20H21ClN2O3S. The molecule has 0 aliphatic heterocycles. The summed E-state index contributed by atoms with van der Waals surface area (Å²) in [6.45, 7) is 7.38. The molecule has 0 saturated heterocycles. The lowest BCUT2D eigenvalue weighted by Gasteiger charge is -2.28. The van der Waals surface area contributed by atoms with Crippen LogP contribution in [0.2, 0.25) is 5.02 Å². The summed E-state index contributed by atoms with van der Waals surface area (Å²) in [7, 11) is 0. The Kier molecular flexibility index (Phi) is 5.16. The van der Waals surface area contributed by atoms with Crippen LogP contribution in [0.25, 0.3) is 21.3 Å². The number of carbonyl (C=O) groups is 1. The highest BCUT2D eigenvalue weighted by molar-refractivity contribution is 7.22. The summed E-state index contributed by atoms with van der Waals surface area (Å²) in [5.74, 6) is -1.04. The van der Waals surface area contributed by atoms with E-state index in [2.05, 4.69) is 4.98 Å². The van der Waals surface area contributed by atoms with Gasteiger partial charge in [-0.3, -0.25) is 0 Å². The minimum absolute atomic E-state index is 0.431. The van der Waals surface area contributed by atoms with E-state index in [1.165, 1.54) is 11.3 Å². The van der Waals surface area contributed by atoms with Crippen LogP contribution >= 0.6 is 22.9 Å². The molecule has 0 aliphatic carbocycles. The Hall–Kier alpha value is -2.15. The van der Waals surface area contributed by atoms with Gasteiger partial charge in [-0.15, -0.1) is 0 Å². The maximum absolute atomic E-state index is 12.1. The Morgan fingerprint density at radius 3 is 2.48 bits per heavy atom.